The molecule has 0 bridgehead atoms. The van der Waals surface area contributed by atoms with Gasteiger partial charge in [-0.05, 0) is 18.6 Å². The third kappa shape index (κ3) is 4.14. The molecule has 0 aliphatic carbocycles. The fourth-order valence-electron chi connectivity index (χ4n) is 1.36. The molecule has 0 saturated heterocycles. The molecule has 0 aromatic heterocycles. The number of nitrogens with two attached hydrogens (primary N) is 1. The number of alkyl halides is 3. The first-order valence-electron chi connectivity index (χ1n) is 4.57. The molecule has 0 saturated carbocycles. The summed E-state index contributed by atoms with van der Waals surface area (Å²) in [4.78, 5) is 0. The number of aliphatic hydroxyl groups is 1. The van der Waals surface area contributed by atoms with Gasteiger partial charge in [-0.25, -0.2) is 4.39 Å². The second kappa shape index (κ2) is 6.18. The van der Waals surface area contributed by atoms with Crippen molar-refractivity contribution >= 4 is 12.4 Å². The summed E-state index contributed by atoms with van der Waals surface area (Å²) in [5, 5.41) is 8.65. The van der Waals surface area contributed by atoms with Crippen molar-refractivity contribution < 1.29 is 22.7 Å². The van der Waals surface area contributed by atoms with Crippen LogP contribution < -0.4 is 5.73 Å². The van der Waals surface area contributed by atoms with Gasteiger partial charge in [0.05, 0.1) is 12.2 Å². The van der Waals surface area contributed by atoms with Crippen molar-refractivity contribution in [3.63, 3.8) is 0 Å². The van der Waals surface area contributed by atoms with Gasteiger partial charge in [0, 0.05) is 11.6 Å². The Labute approximate surface area is 102 Å². The average Bonchev–Trinajstić information content (AvgIpc) is 2.19. The first-order chi connectivity index (χ1) is 7.36. The molecule has 2 nitrogen and oxygen atoms in total. The van der Waals surface area contributed by atoms with Gasteiger partial charge in [-0.3, -0.25) is 0 Å². The van der Waals surface area contributed by atoms with Crippen molar-refractivity contribution in [3.05, 3.63) is 35.1 Å². The summed E-state index contributed by atoms with van der Waals surface area (Å²) in [7, 11) is 0. The first-order valence-corrected chi connectivity index (χ1v) is 4.57. The lowest BCUT2D eigenvalue weighted by Gasteiger charge is -2.15. The van der Waals surface area contributed by atoms with Crippen molar-refractivity contribution in [1.82, 2.24) is 0 Å². The summed E-state index contributed by atoms with van der Waals surface area (Å²) >= 11 is 0. The largest absolute Gasteiger partial charge is 0.416 e. The molecule has 98 valence electrons. The van der Waals surface area contributed by atoms with Crippen LogP contribution in [0.5, 0.6) is 0 Å². The predicted octanol–water partition coefficient (Wildman–Crippen LogP) is 2.13. The quantitative estimate of drug-likeness (QED) is 0.829. The summed E-state index contributed by atoms with van der Waals surface area (Å²) < 4.78 is 50.8. The lowest BCUT2D eigenvalue weighted by atomic mass is 10.00. The smallest absolute Gasteiger partial charge is 0.395 e. The highest BCUT2D eigenvalue weighted by Gasteiger charge is 2.34. The number of hydrogen-bond acceptors (Lipinski definition) is 2. The average molecular weight is 274 g/mol. The van der Waals surface area contributed by atoms with Gasteiger partial charge in [0.2, 0.25) is 0 Å². The minimum atomic E-state index is -4.62. The Kier molecular flexibility index (Phi) is 5.87. The third-order valence-electron chi connectivity index (χ3n) is 2.13. The summed E-state index contributed by atoms with van der Waals surface area (Å²) in [5.41, 5.74) is 3.75. The van der Waals surface area contributed by atoms with E-state index >= 15 is 0 Å². The fourth-order valence-corrected chi connectivity index (χ4v) is 1.36. The van der Waals surface area contributed by atoms with E-state index in [1.54, 1.807) is 0 Å². The lowest BCUT2D eigenvalue weighted by Crippen LogP contribution is -2.28. The van der Waals surface area contributed by atoms with E-state index in [4.69, 9.17) is 10.8 Å². The monoisotopic (exact) mass is 273 g/mol. The van der Waals surface area contributed by atoms with Crippen molar-refractivity contribution in [3.8, 4) is 0 Å². The normalized spacial score (nSPS) is 13.1. The number of benzene rings is 1. The maximum absolute atomic E-state index is 13.2. The van der Waals surface area contributed by atoms with Crippen LogP contribution in [0.4, 0.5) is 17.6 Å². The van der Waals surface area contributed by atoms with E-state index in [9.17, 15) is 17.6 Å². The molecule has 1 unspecified atom stereocenters. The molecule has 17 heavy (non-hydrogen) atoms. The van der Waals surface area contributed by atoms with Crippen molar-refractivity contribution in [2.45, 2.75) is 18.6 Å². The zero-order valence-corrected chi connectivity index (χ0v) is 9.48. The zero-order valence-electron chi connectivity index (χ0n) is 8.67. The van der Waals surface area contributed by atoms with Crippen molar-refractivity contribution in [1.29, 1.82) is 0 Å². The molecule has 0 radical (unpaired) electrons. The van der Waals surface area contributed by atoms with Crippen LogP contribution in [-0.2, 0) is 12.6 Å². The van der Waals surface area contributed by atoms with E-state index in [0.29, 0.717) is 0 Å². The molecule has 0 fully saturated rings. The molecule has 1 aromatic rings. The SMILES string of the molecule is Cl.NC(CO)Cc1c(F)cccc1C(F)(F)F. The van der Waals surface area contributed by atoms with E-state index in [2.05, 4.69) is 0 Å². The highest BCUT2D eigenvalue weighted by molar-refractivity contribution is 5.85. The molecular weight excluding hydrogens is 262 g/mol. The maximum Gasteiger partial charge on any atom is 0.416 e. The topological polar surface area (TPSA) is 46.2 Å². The molecule has 1 atom stereocenters. The lowest BCUT2D eigenvalue weighted by molar-refractivity contribution is -0.138. The van der Waals surface area contributed by atoms with Gasteiger partial charge in [0.1, 0.15) is 5.82 Å². The van der Waals surface area contributed by atoms with Crippen LogP contribution in [0.15, 0.2) is 18.2 Å². The van der Waals surface area contributed by atoms with E-state index < -0.39 is 35.8 Å². The summed E-state index contributed by atoms with van der Waals surface area (Å²) in [6.45, 7) is -0.494. The zero-order chi connectivity index (χ0) is 12.3. The second-order valence-corrected chi connectivity index (χ2v) is 3.41. The number of rotatable bonds is 3. The summed E-state index contributed by atoms with van der Waals surface area (Å²) in [6, 6.07) is 1.82. The Morgan fingerprint density at radius 3 is 2.35 bits per heavy atom. The van der Waals surface area contributed by atoms with E-state index in [0.717, 1.165) is 18.2 Å². The molecular formula is C10H12ClF4NO. The second-order valence-electron chi connectivity index (χ2n) is 3.41. The van der Waals surface area contributed by atoms with Crippen molar-refractivity contribution in [2.24, 2.45) is 5.73 Å². The van der Waals surface area contributed by atoms with Crippen LogP contribution in [0, 0.1) is 5.82 Å². The first kappa shape index (κ1) is 16.1. The number of hydrogen-bond donors (Lipinski definition) is 2. The van der Waals surface area contributed by atoms with Crippen LogP contribution in [-0.4, -0.2) is 17.8 Å². The van der Waals surface area contributed by atoms with Crippen LogP contribution >= 0.6 is 12.4 Å². The van der Waals surface area contributed by atoms with Gasteiger partial charge in [0.25, 0.3) is 0 Å². The molecule has 0 amide bonds. The molecule has 7 heteroatoms. The predicted molar refractivity (Wildman–Crippen MR) is 57.4 cm³/mol. The maximum atomic E-state index is 13.2. The number of aliphatic hydroxyl groups excluding tert-OH is 1. The Bertz CT molecular complexity index is 370. The Morgan fingerprint density at radius 1 is 1.29 bits per heavy atom. The Balaban J connectivity index is 0.00000256. The molecule has 0 heterocycles. The van der Waals surface area contributed by atoms with E-state index in [1.807, 2.05) is 0 Å². The minimum Gasteiger partial charge on any atom is -0.395 e. The van der Waals surface area contributed by atoms with Gasteiger partial charge in [0.15, 0.2) is 0 Å². The highest BCUT2D eigenvalue weighted by atomic mass is 35.5. The number of halogens is 5. The van der Waals surface area contributed by atoms with Gasteiger partial charge < -0.3 is 10.8 Å². The Morgan fingerprint density at radius 2 is 1.88 bits per heavy atom. The molecule has 1 aromatic carbocycles. The fraction of sp³-hybridized carbons (Fsp3) is 0.400. The van der Waals surface area contributed by atoms with Crippen LogP contribution in [0.25, 0.3) is 0 Å². The van der Waals surface area contributed by atoms with E-state index in [1.165, 1.54) is 0 Å². The van der Waals surface area contributed by atoms with Crippen LogP contribution in [0.3, 0.4) is 0 Å². The summed E-state index contributed by atoms with van der Waals surface area (Å²) in [6.07, 6.45) is -4.97. The van der Waals surface area contributed by atoms with Gasteiger partial charge >= 0.3 is 6.18 Å². The highest BCUT2D eigenvalue weighted by Crippen LogP contribution is 2.33. The molecule has 0 spiro atoms. The standard InChI is InChI=1S/C10H11F4NO.ClH/c11-9-3-1-2-8(10(12,13)14)7(9)4-6(15)5-16;/h1-3,6,16H,4-5,15H2;1H. The molecule has 3 N–H and O–H groups in total. The minimum absolute atomic E-state index is 0. The summed E-state index contributed by atoms with van der Waals surface area (Å²) in [5.74, 6) is -0.960. The van der Waals surface area contributed by atoms with Gasteiger partial charge in [-0.15, -0.1) is 12.4 Å². The van der Waals surface area contributed by atoms with Gasteiger partial charge in [-0.2, -0.15) is 13.2 Å². The van der Waals surface area contributed by atoms with Crippen LogP contribution in [0.1, 0.15) is 11.1 Å². The van der Waals surface area contributed by atoms with E-state index in [-0.39, 0.29) is 18.8 Å². The molecule has 0 aliphatic heterocycles. The van der Waals surface area contributed by atoms with Crippen LogP contribution in [0.2, 0.25) is 0 Å². The molecule has 1 rings (SSSR count). The van der Waals surface area contributed by atoms with Gasteiger partial charge in [-0.1, -0.05) is 6.07 Å². The van der Waals surface area contributed by atoms with Crippen molar-refractivity contribution in [2.75, 3.05) is 6.61 Å². The molecule has 0 aliphatic rings. The third-order valence-corrected chi connectivity index (χ3v) is 2.13. The Hall–Kier alpha value is -0.850.